The van der Waals surface area contributed by atoms with E-state index in [1.54, 1.807) is 0 Å². The standard InChI is InChI=1S/C21H36N.ClH/c1-3-5-6-7-8-9-10-11-12-13-14-15-21-16-19-22(18-4-2)20-17-21;/h4,16-17,19-20H,2-3,5-15,18H2,1H3;1H/q+1;/p-1. The third-order valence-electron chi connectivity index (χ3n) is 4.37. The van der Waals surface area contributed by atoms with Gasteiger partial charge in [0.1, 0.15) is 0 Å². The molecule has 0 aliphatic heterocycles. The van der Waals surface area contributed by atoms with Crippen LogP contribution in [-0.2, 0) is 13.0 Å². The van der Waals surface area contributed by atoms with Gasteiger partial charge in [-0.15, -0.1) is 0 Å². The van der Waals surface area contributed by atoms with Crippen molar-refractivity contribution in [3.63, 3.8) is 0 Å². The highest BCUT2D eigenvalue weighted by atomic mass is 35.5. The van der Waals surface area contributed by atoms with Crippen LogP contribution in [-0.4, -0.2) is 0 Å². The zero-order valence-electron chi connectivity index (χ0n) is 15.1. The monoisotopic (exact) mass is 337 g/mol. The van der Waals surface area contributed by atoms with Crippen molar-refractivity contribution in [1.29, 1.82) is 0 Å². The van der Waals surface area contributed by atoms with Crippen molar-refractivity contribution in [3.05, 3.63) is 42.7 Å². The first kappa shape index (κ1) is 22.2. The van der Waals surface area contributed by atoms with Crippen molar-refractivity contribution in [3.8, 4) is 0 Å². The molecule has 0 bridgehead atoms. The summed E-state index contributed by atoms with van der Waals surface area (Å²) in [6.07, 6.45) is 23.1. The molecule has 0 aliphatic rings. The van der Waals surface area contributed by atoms with E-state index in [-0.39, 0.29) is 12.4 Å². The summed E-state index contributed by atoms with van der Waals surface area (Å²) in [5.41, 5.74) is 1.47. The quantitative estimate of drug-likeness (QED) is 0.279. The maximum Gasteiger partial charge on any atom is 0.169 e. The van der Waals surface area contributed by atoms with Gasteiger partial charge in [0.2, 0.25) is 0 Å². The average Bonchev–Trinajstić information content (AvgIpc) is 2.54. The lowest BCUT2D eigenvalue weighted by Crippen LogP contribution is -3.00. The number of nitrogens with zero attached hydrogens (tertiary/aromatic N) is 1. The van der Waals surface area contributed by atoms with E-state index in [4.69, 9.17) is 0 Å². The third kappa shape index (κ3) is 12.3. The van der Waals surface area contributed by atoms with Crippen LogP contribution in [0.2, 0.25) is 0 Å². The highest BCUT2D eigenvalue weighted by Crippen LogP contribution is 2.12. The van der Waals surface area contributed by atoms with E-state index in [2.05, 4.69) is 42.6 Å². The summed E-state index contributed by atoms with van der Waals surface area (Å²) >= 11 is 0. The van der Waals surface area contributed by atoms with Crippen LogP contribution in [0.3, 0.4) is 0 Å². The number of hydrogen-bond acceptors (Lipinski definition) is 0. The first-order valence-electron chi connectivity index (χ1n) is 9.45. The normalized spacial score (nSPS) is 10.3. The molecule has 1 nitrogen and oxygen atoms in total. The summed E-state index contributed by atoms with van der Waals surface area (Å²) < 4.78 is 2.16. The minimum atomic E-state index is 0. The molecule has 0 atom stereocenters. The molecule has 1 heterocycles. The number of aromatic nitrogens is 1. The average molecular weight is 338 g/mol. The van der Waals surface area contributed by atoms with Gasteiger partial charge in [-0.3, -0.25) is 0 Å². The van der Waals surface area contributed by atoms with Crippen LogP contribution in [0.5, 0.6) is 0 Å². The van der Waals surface area contributed by atoms with Crippen molar-refractivity contribution in [2.24, 2.45) is 0 Å². The lowest BCUT2D eigenvalue weighted by molar-refractivity contribution is -0.687. The van der Waals surface area contributed by atoms with Gasteiger partial charge in [-0.25, -0.2) is 4.57 Å². The summed E-state index contributed by atoms with van der Waals surface area (Å²) in [5, 5.41) is 0. The summed E-state index contributed by atoms with van der Waals surface area (Å²) in [7, 11) is 0. The molecule has 0 N–H and O–H groups in total. The van der Waals surface area contributed by atoms with Crippen LogP contribution in [0.25, 0.3) is 0 Å². The molecule has 2 heteroatoms. The van der Waals surface area contributed by atoms with E-state index in [1.807, 2.05) is 6.08 Å². The molecule has 0 saturated carbocycles. The predicted molar refractivity (Wildman–Crippen MR) is 97.0 cm³/mol. The fourth-order valence-electron chi connectivity index (χ4n) is 2.92. The summed E-state index contributed by atoms with van der Waals surface area (Å²) in [6, 6.07) is 4.50. The first-order chi connectivity index (χ1) is 10.9. The van der Waals surface area contributed by atoms with Gasteiger partial charge in [-0.05, 0) is 24.5 Å². The Morgan fingerprint density at radius 1 is 0.826 bits per heavy atom. The molecule has 0 amide bonds. The summed E-state index contributed by atoms with van der Waals surface area (Å²) in [4.78, 5) is 0. The van der Waals surface area contributed by atoms with Gasteiger partial charge in [0, 0.05) is 12.1 Å². The molecular formula is C21H36ClN. The van der Waals surface area contributed by atoms with Crippen molar-refractivity contribution < 1.29 is 17.0 Å². The van der Waals surface area contributed by atoms with E-state index < -0.39 is 0 Å². The SMILES string of the molecule is C=CC[n+]1ccc(CCCCCCCCCCCCC)cc1.[Cl-]. The Kier molecular flexibility index (Phi) is 15.5. The Morgan fingerprint density at radius 3 is 1.78 bits per heavy atom. The lowest BCUT2D eigenvalue weighted by atomic mass is 10.0. The van der Waals surface area contributed by atoms with Crippen molar-refractivity contribution in [1.82, 2.24) is 0 Å². The van der Waals surface area contributed by atoms with Gasteiger partial charge >= 0.3 is 0 Å². The van der Waals surface area contributed by atoms with E-state index in [9.17, 15) is 0 Å². The van der Waals surface area contributed by atoms with Crippen LogP contribution >= 0.6 is 0 Å². The summed E-state index contributed by atoms with van der Waals surface area (Å²) in [5.74, 6) is 0. The van der Waals surface area contributed by atoms with Crippen molar-refractivity contribution >= 4 is 0 Å². The molecule has 0 aromatic carbocycles. The van der Waals surface area contributed by atoms with Gasteiger partial charge < -0.3 is 12.4 Å². The third-order valence-corrected chi connectivity index (χ3v) is 4.37. The van der Waals surface area contributed by atoms with E-state index in [0.717, 1.165) is 6.54 Å². The van der Waals surface area contributed by atoms with E-state index >= 15 is 0 Å². The molecular weight excluding hydrogens is 302 g/mol. The molecule has 0 unspecified atom stereocenters. The Balaban J connectivity index is 0.00000484. The molecule has 1 rings (SSSR count). The number of allylic oxidation sites excluding steroid dienone is 1. The molecule has 0 saturated heterocycles. The molecule has 1 aromatic rings. The van der Waals surface area contributed by atoms with Crippen LogP contribution in [0.4, 0.5) is 0 Å². The maximum atomic E-state index is 3.77. The zero-order chi connectivity index (χ0) is 15.9. The number of hydrogen-bond donors (Lipinski definition) is 0. The highest BCUT2D eigenvalue weighted by molar-refractivity contribution is 5.07. The van der Waals surface area contributed by atoms with Crippen molar-refractivity contribution in [2.75, 3.05) is 0 Å². The van der Waals surface area contributed by atoms with E-state index in [1.165, 1.54) is 82.6 Å². The molecule has 0 fully saturated rings. The molecule has 0 radical (unpaired) electrons. The second-order valence-electron chi connectivity index (χ2n) is 6.48. The van der Waals surface area contributed by atoms with Gasteiger partial charge in [0.25, 0.3) is 0 Å². The summed E-state index contributed by atoms with van der Waals surface area (Å²) in [6.45, 7) is 6.95. The Labute approximate surface area is 150 Å². The Hall–Kier alpha value is -0.820. The van der Waals surface area contributed by atoms with Gasteiger partial charge in [-0.2, -0.15) is 0 Å². The largest absolute Gasteiger partial charge is 1.00 e. The number of rotatable bonds is 14. The molecule has 132 valence electrons. The fraction of sp³-hybridized carbons (Fsp3) is 0.667. The number of unbranched alkanes of at least 4 members (excludes halogenated alkanes) is 10. The smallest absolute Gasteiger partial charge is 0.169 e. The fourth-order valence-corrected chi connectivity index (χ4v) is 2.92. The number of aryl methyl sites for hydroxylation is 1. The van der Waals surface area contributed by atoms with Gasteiger partial charge in [0.05, 0.1) is 0 Å². The molecule has 0 aliphatic carbocycles. The van der Waals surface area contributed by atoms with Crippen LogP contribution in [0, 0.1) is 0 Å². The second-order valence-corrected chi connectivity index (χ2v) is 6.48. The number of halogens is 1. The van der Waals surface area contributed by atoms with Crippen LogP contribution in [0.1, 0.15) is 83.1 Å². The topological polar surface area (TPSA) is 3.88 Å². The first-order valence-corrected chi connectivity index (χ1v) is 9.45. The van der Waals surface area contributed by atoms with E-state index in [0.29, 0.717) is 0 Å². The minimum absolute atomic E-state index is 0. The number of pyridine rings is 1. The molecule has 23 heavy (non-hydrogen) atoms. The predicted octanol–water partition coefficient (Wildman–Crippen LogP) is 3.02. The molecule has 1 aromatic heterocycles. The van der Waals surface area contributed by atoms with Gasteiger partial charge in [0.15, 0.2) is 18.9 Å². The minimum Gasteiger partial charge on any atom is -1.00 e. The molecule has 0 spiro atoms. The Bertz CT molecular complexity index is 372. The van der Waals surface area contributed by atoms with Crippen LogP contribution in [0.15, 0.2) is 37.2 Å². The maximum absolute atomic E-state index is 3.77. The second kappa shape index (κ2) is 16.1. The lowest BCUT2D eigenvalue weighted by Gasteiger charge is -2.03. The van der Waals surface area contributed by atoms with Crippen molar-refractivity contribution in [2.45, 2.75) is 90.5 Å². The zero-order valence-corrected chi connectivity index (χ0v) is 15.9. The van der Waals surface area contributed by atoms with Gasteiger partial charge in [-0.1, -0.05) is 77.7 Å². The highest BCUT2D eigenvalue weighted by Gasteiger charge is 1.99. The Morgan fingerprint density at radius 2 is 1.30 bits per heavy atom. The van der Waals surface area contributed by atoms with Crippen LogP contribution < -0.4 is 17.0 Å².